The Morgan fingerprint density at radius 1 is 1.31 bits per heavy atom. The van der Waals surface area contributed by atoms with Crippen LogP contribution in [-0.4, -0.2) is 39.0 Å². The van der Waals surface area contributed by atoms with Gasteiger partial charge in [0.15, 0.2) is 0 Å². The second-order valence-electron chi connectivity index (χ2n) is 6.28. The van der Waals surface area contributed by atoms with Gasteiger partial charge in [-0.3, -0.25) is 9.59 Å². The first-order valence-electron chi connectivity index (χ1n) is 8.14. The molecule has 1 aromatic carbocycles. The summed E-state index contributed by atoms with van der Waals surface area (Å²) in [5, 5.41) is 10.7. The molecule has 1 aliphatic heterocycles. The lowest BCUT2D eigenvalue weighted by Gasteiger charge is -2.35. The predicted molar refractivity (Wildman–Crippen MR) is 98.5 cm³/mol. The SMILES string of the molecule is N[C@@H](c1cc(Cl)c(Cl)cc1O)C1CCN(C(=O)c2c[nH]c(=O)cn2)CC1. The average molecular weight is 397 g/mol. The Bertz CT molecular complexity index is 858. The van der Waals surface area contributed by atoms with Gasteiger partial charge in [-0.1, -0.05) is 23.2 Å². The zero-order chi connectivity index (χ0) is 18.8. The Morgan fingerprint density at radius 2 is 1.96 bits per heavy atom. The fraction of sp³-hybridized carbons (Fsp3) is 0.353. The number of rotatable bonds is 3. The van der Waals surface area contributed by atoms with Gasteiger partial charge in [-0.05, 0) is 24.8 Å². The number of carbonyl (C=O) groups is 1. The highest BCUT2D eigenvalue weighted by atomic mass is 35.5. The van der Waals surface area contributed by atoms with Crippen molar-refractivity contribution in [2.24, 2.45) is 11.7 Å². The summed E-state index contributed by atoms with van der Waals surface area (Å²) in [4.78, 5) is 31.5. The number of nitrogens with one attached hydrogen (secondary N) is 1. The van der Waals surface area contributed by atoms with E-state index >= 15 is 0 Å². The Labute approximate surface area is 159 Å². The Kier molecular flexibility index (Phi) is 5.50. The second kappa shape index (κ2) is 7.65. The lowest BCUT2D eigenvalue weighted by Crippen LogP contribution is -2.41. The third-order valence-corrected chi connectivity index (χ3v) is 5.38. The number of H-pyrrole nitrogens is 1. The van der Waals surface area contributed by atoms with Crippen molar-refractivity contribution in [1.29, 1.82) is 0 Å². The Hall–Kier alpha value is -2.09. The van der Waals surface area contributed by atoms with E-state index in [4.69, 9.17) is 28.9 Å². The molecule has 138 valence electrons. The molecule has 1 aromatic heterocycles. The quantitative estimate of drug-likeness (QED) is 0.736. The summed E-state index contributed by atoms with van der Waals surface area (Å²) >= 11 is 11.9. The van der Waals surface area contributed by atoms with Crippen molar-refractivity contribution in [3.63, 3.8) is 0 Å². The van der Waals surface area contributed by atoms with Gasteiger partial charge in [-0.15, -0.1) is 0 Å². The number of aromatic nitrogens is 2. The molecule has 0 unspecified atom stereocenters. The average Bonchev–Trinajstić information content (AvgIpc) is 2.64. The molecule has 0 radical (unpaired) electrons. The molecule has 26 heavy (non-hydrogen) atoms. The van der Waals surface area contributed by atoms with Crippen LogP contribution in [0.1, 0.15) is 34.9 Å². The number of phenolic OH excluding ortho intramolecular Hbond substituents is 1. The maximum Gasteiger partial charge on any atom is 0.273 e. The monoisotopic (exact) mass is 396 g/mol. The molecule has 3 rings (SSSR count). The molecule has 2 aromatic rings. The maximum atomic E-state index is 12.4. The standard InChI is InChI=1S/C17H18Cl2N4O3/c18-11-5-10(14(24)6-12(11)19)16(20)9-1-3-23(4-2-9)17(26)13-7-22-15(25)8-21-13/h5-9,16,24H,1-4,20H2,(H,22,25)/t16-/m1/s1. The lowest BCUT2D eigenvalue weighted by atomic mass is 9.85. The van der Waals surface area contributed by atoms with Crippen LogP contribution >= 0.6 is 23.2 Å². The first-order valence-corrected chi connectivity index (χ1v) is 8.90. The Morgan fingerprint density at radius 3 is 2.58 bits per heavy atom. The van der Waals surface area contributed by atoms with E-state index in [2.05, 4.69) is 9.97 Å². The minimum absolute atomic E-state index is 0.0165. The number of nitrogens with zero attached hydrogens (tertiary/aromatic N) is 2. The highest BCUT2D eigenvalue weighted by Crippen LogP contribution is 2.37. The molecule has 2 heterocycles. The van der Waals surface area contributed by atoms with Gasteiger partial charge in [-0.25, -0.2) is 4.98 Å². The summed E-state index contributed by atoms with van der Waals surface area (Å²) in [6.45, 7) is 1.03. The number of nitrogens with two attached hydrogens (primary N) is 1. The normalized spacial score (nSPS) is 16.5. The molecule has 0 saturated carbocycles. The molecule has 0 bridgehead atoms. The van der Waals surface area contributed by atoms with Crippen LogP contribution in [-0.2, 0) is 0 Å². The number of likely N-dealkylation sites (tertiary alicyclic amines) is 1. The molecular weight excluding hydrogens is 379 g/mol. The fourth-order valence-electron chi connectivity index (χ4n) is 3.16. The lowest BCUT2D eigenvalue weighted by molar-refractivity contribution is 0.0671. The van der Waals surface area contributed by atoms with Crippen molar-refractivity contribution in [3.8, 4) is 5.75 Å². The smallest absolute Gasteiger partial charge is 0.273 e. The van der Waals surface area contributed by atoms with Crippen molar-refractivity contribution in [1.82, 2.24) is 14.9 Å². The van der Waals surface area contributed by atoms with E-state index in [9.17, 15) is 14.7 Å². The van der Waals surface area contributed by atoms with E-state index in [1.807, 2.05) is 0 Å². The van der Waals surface area contributed by atoms with Crippen LogP contribution in [0.25, 0.3) is 0 Å². The number of aromatic hydroxyl groups is 1. The van der Waals surface area contributed by atoms with E-state index in [1.165, 1.54) is 12.3 Å². The van der Waals surface area contributed by atoms with Gasteiger partial charge < -0.3 is 20.7 Å². The number of halogens is 2. The van der Waals surface area contributed by atoms with Crippen molar-refractivity contribution in [2.45, 2.75) is 18.9 Å². The van der Waals surface area contributed by atoms with Gasteiger partial charge in [0.2, 0.25) is 0 Å². The zero-order valence-electron chi connectivity index (χ0n) is 13.8. The van der Waals surface area contributed by atoms with Crippen LogP contribution in [0.15, 0.2) is 29.3 Å². The second-order valence-corrected chi connectivity index (χ2v) is 7.09. The summed E-state index contributed by atoms with van der Waals surface area (Å²) in [6, 6.07) is 2.57. The summed E-state index contributed by atoms with van der Waals surface area (Å²) in [5.74, 6) is -0.126. The third-order valence-electron chi connectivity index (χ3n) is 4.65. The van der Waals surface area contributed by atoms with Gasteiger partial charge in [0.1, 0.15) is 11.4 Å². The van der Waals surface area contributed by atoms with E-state index in [0.29, 0.717) is 36.5 Å². The summed E-state index contributed by atoms with van der Waals surface area (Å²) in [7, 11) is 0. The van der Waals surface area contributed by atoms with E-state index in [0.717, 1.165) is 6.20 Å². The zero-order valence-corrected chi connectivity index (χ0v) is 15.3. The van der Waals surface area contributed by atoms with Gasteiger partial charge in [0, 0.05) is 37.0 Å². The van der Waals surface area contributed by atoms with Crippen LogP contribution in [0.3, 0.4) is 0 Å². The van der Waals surface area contributed by atoms with Crippen molar-refractivity contribution < 1.29 is 9.90 Å². The van der Waals surface area contributed by atoms with E-state index < -0.39 is 6.04 Å². The van der Waals surface area contributed by atoms with Crippen LogP contribution in [0, 0.1) is 5.92 Å². The van der Waals surface area contributed by atoms with Crippen molar-refractivity contribution in [2.75, 3.05) is 13.1 Å². The van der Waals surface area contributed by atoms with Crippen molar-refractivity contribution >= 4 is 29.1 Å². The molecule has 0 spiro atoms. The topological polar surface area (TPSA) is 112 Å². The van der Waals surface area contributed by atoms with Crippen LogP contribution in [0.5, 0.6) is 5.75 Å². The number of hydrogen-bond donors (Lipinski definition) is 3. The van der Waals surface area contributed by atoms with Gasteiger partial charge in [-0.2, -0.15) is 0 Å². The molecule has 7 nitrogen and oxygen atoms in total. The number of carbonyl (C=O) groups excluding carboxylic acids is 1. The molecular formula is C17H18Cl2N4O3. The number of phenols is 1. The van der Waals surface area contributed by atoms with Crippen molar-refractivity contribution in [3.05, 3.63) is 56.2 Å². The number of hydrogen-bond acceptors (Lipinski definition) is 5. The predicted octanol–water partition coefficient (Wildman–Crippen LogP) is 2.33. The first-order chi connectivity index (χ1) is 12.4. The van der Waals surface area contributed by atoms with Crippen LogP contribution in [0.4, 0.5) is 0 Å². The maximum absolute atomic E-state index is 12.4. The molecule has 9 heteroatoms. The number of amides is 1. The number of piperidine rings is 1. The Balaban J connectivity index is 1.66. The molecule has 1 atom stereocenters. The molecule has 1 aliphatic rings. The van der Waals surface area contributed by atoms with Crippen LogP contribution in [0.2, 0.25) is 10.0 Å². The van der Waals surface area contributed by atoms with Gasteiger partial charge in [0.25, 0.3) is 11.5 Å². The highest BCUT2D eigenvalue weighted by molar-refractivity contribution is 6.42. The minimum atomic E-state index is -0.409. The number of aromatic amines is 1. The summed E-state index contributed by atoms with van der Waals surface area (Å²) in [5.41, 5.74) is 6.72. The molecule has 1 amide bonds. The molecule has 1 saturated heterocycles. The number of benzene rings is 1. The molecule has 1 fully saturated rings. The fourth-order valence-corrected chi connectivity index (χ4v) is 3.49. The van der Waals surface area contributed by atoms with E-state index in [-0.39, 0.29) is 33.9 Å². The van der Waals surface area contributed by atoms with Gasteiger partial charge in [0.05, 0.1) is 16.2 Å². The highest BCUT2D eigenvalue weighted by Gasteiger charge is 2.29. The third kappa shape index (κ3) is 3.85. The first kappa shape index (κ1) is 18.7. The summed E-state index contributed by atoms with van der Waals surface area (Å²) in [6.07, 6.45) is 3.76. The molecule has 0 aliphatic carbocycles. The summed E-state index contributed by atoms with van der Waals surface area (Å²) < 4.78 is 0. The molecule has 4 N–H and O–H groups in total. The van der Waals surface area contributed by atoms with E-state index in [1.54, 1.807) is 11.0 Å². The minimum Gasteiger partial charge on any atom is -0.508 e. The van der Waals surface area contributed by atoms with Gasteiger partial charge >= 0.3 is 0 Å². The largest absolute Gasteiger partial charge is 0.508 e. The van der Waals surface area contributed by atoms with Crippen LogP contribution < -0.4 is 11.3 Å².